The van der Waals surface area contributed by atoms with E-state index in [0.29, 0.717) is 10.6 Å². The van der Waals surface area contributed by atoms with Crippen molar-refractivity contribution in [1.29, 1.82) is 0 Å². The van der Waals surface area contributed by atoms with E-state index >= 15 is 0 Å². The Morgan fingerprint density at radius 3 is 2.33 bits per heavy atom. The molecular formula is C13H16O4S. The van der Waals surface area contributed by atoms with Gasteiger partial charge in [0.25, 0.3) is 0 Å². The first-order chi connectivity index (χ1) is 8.67. The molecule has 1 aliphatic rings. The molecule has 1 saturated carbocycles. The molecule has 18 heavy (non-hydrogen) atoms. The van der Waals surface area contributed by atoms with Crippen LogP contribution in [0.4, 0.5) is 0 Å². The van der Waals surface area contributed by atoms with E-state index in [0.717, 1.165) is 12.8 Å². The molecule has 2 atom stereocenters. The van der Waals surface area contributed by atoms with Crippen molar-refractivity contribution >= 4 is 16.8 Å². The van der Waals surface area contributed by atoms with Gasteiger partial charge in [-0.2, -0.15) is 0 Å². The molecule has 1 aromatic rings. The Morgan fingerprint density at radius 1 is 1.28 bits per heavy atom. The highest BCUT2D eigenvalue weighted by atomic mass is 32.2. The van der Waals surface area contributed by atoms with Crippen molar-refractivity contribution in [2.24, 2.45) is 5.92 Å². The highest BCUT2D eigenvalue weighted by Gasteiger charge is 2.41. The molecular weight excluding hydrogens is 252 g/mol. The number of methoxy groups -OCH3 is 2. The van der Waals surface area contributed by atoms with E-state index in [4.69, 9.17) is 9.47 Å². The fourth-order valence-electron chi connectivity index (χ4n) is 1.83. The maximum atomic E-state index is 12.4. The summed E-state index contributed by atoms with van der Waals surface area (Å²) in [6.07, 6.45) is 1.89. The fraction of sp³-hybridized carbons (Fsp3) is 0.462. The topological polar surface area (TPSA) is 52.6 Å². The van der Waals surface area contributed by atoms with E-state index < -0.39 is 16.0 Å². The maximum absolute atomic E-state index is 12.4. The SMILES string of the molecule is COC(=O)C(C1CC1)S(=O)c1ccc(OC)cc1. The van der Waals surface area contributed by atoms with Crippen molar-refractivity contribution in [2.75, 3.05) is 14.2 Å². The lowest BCUT2D eigenvalue weighted by Crippen LogP contribution is -2.29. The summed E-state index contributed by atoms with van der Waals surface area (Å²) in [7, 11) is 1.55. The smallest absolute Gasteiger partial charge is 0.322 e. The Hall–Kier alpha value is -1.36. The van der Waals surface area contributed by atoms with E-state index in [1.165, 1.54) is 7.11 Å². The molecule has 1 aromatic carbocycles. The predicted octanol–water partition coefficient (Wildman–Crippen LogP) is 1.75. The minimum absolute atomic E-state index is 0.195. The molecule has 1 fully saturated rings. The van der Waals surface area contributed by atoms with Gasteiger partial charge in [-0.25, -0.2) is 0 Å². The van der Waals surface area contributed by atoms with E-state index in [9.17, 15) is 9.00 Å². The number of ether oxygens (including phenoxy) is 2. The third kappa shape index (κ3) is 2.72. The van der Waals surface area contributed by atoms with Crippen LogP contribution >= 0.6 is 0 Å². The molecule has 0 aromatic heterocycles. The average Bonchev–Trinajstić information content (AvgIpc) is 3.23. The van der Waals surface area contributed by atoms with Crippen LogP contribution in [0, 0.1) is 5.92 Å². The molecule has 4 nitrogen and oxygen atoms in total. The molecule has 0 N–H and O–H groups in total. The second kappa shape index (κ2) is 5.52. The zero-order valence-corrected chi connectivity index (χ0v) is 11.2. The minimum Gasteiger partial charge on any atom is -0.497 e. The predicted molar refractivity (Wildman–Crippen MR) is 67.9 cm³/mol. The first kappa shape index (κ1) is 13.1. The van der Waals surface area contributed by atoms with Crippen LogP contribution in [0.5, 0.6) is 5.75 Å². The van der Waals surface area contributed by atoms with Gasteiger partial charge in [0.2, 0.25) is 0 Å². The molecule has 2 unspecified atom stereocenters. The van der Waals surface area contributed by atoms with Crippen molar-refractivity contribution in [2.45, 2.75) is 23.0 Å². The number of esters is 1. The van der Waals surface area contributed by atoms with Crippen molar-refractivity contribution < 1.29 is 18.5 Å². The summed E-state index contributed by atoms with van der Waals surface area (Å²) in [6, 6.07) is 6.95. The van der Waals surface area contributed by atoms with Crippen molar-refractivity contribution in [3.63, 3.8) is 0 Å². The van der Waals surface area contributed by atoms with E-state index in [-0.39, 0.29) is 11.9 Å². The van der Waals surface area contributed by atoms with E-state index in [2.05, 4.69) is 0 Å². The number of hydrogen-bond donors (Lipinski definition) is 0. The second-order valence-corrected chi connectivity index (χ2v) is 5.83. The van der Waals surface area contributed by atoms with Gasteiger partial charge >= 0.3 is 5.97 Å². The first-order valence-corrected chi connectivity index (χ1v) is 7.01. The number of benzene rings is 1. The summed E-state index contributed by atoms with van der Waals surface area (Å²) in [6.45, 7) is 0. The van der Waals surface area contributed by atoms with Crippen LogP contribution in [0.15, 0.2) is 29.2 Å². The van der Waals surface area contributed by atoms with Crippen molar-refractivity contribution in [1.82, 2.24) is 0 Å². The fourth-order valence-corrected chi connectivity index (χ4v) is 3.42. The number of rotatable bonds is 5. The Kier molecular flexibility index (Phi) is 4.01. The van der Waals surface area contributed by atoms with Gasteiger partial charge in [-0.05, 0) is 43.0 Å². The third-order valence-electron chi connectivity index (χ3n) is 3.01. The van der Waals surface area contributed by atoms with Gasteiger partial charge in [-0.3, -0.25) is 9.00 Å². The first-order valence-electron chi connectivity index (χ1n) is 5.80. The highest BCUT2D eigenvalue weighted by Crippen LogP contribution is 2.37. The molecule has 0 radical (unpaired) electrons. The average molecular weight is 268 g/mol. The molecule has 0 bridgehead atoms. The van der Waals surface area contributed by atoms with Crippen LogP contribution in [-0.2, 0) is 20.3 Å². The second-order valence-electron chi connectivity index (χ2n) is 4.25. The lowest BCUT2D eigenvalue weighted by molar-refractivity contribution is -0.140. The molecule has 98 valence electrons. The van der Waals surface area contributed by atoms with E-state index in [1.54, 1.807) is 31.4 Å². The highest BCUT2D eigenvalue weighted by molar-refractivity contribution is 7.86. The summed E-state index contributed by atoms with van der Waals surface area (Å²) in [5.41, 5.74) is 0. The summed E-state index contributed by atoms with van der Waals surface area (Å²) in [5, 5.41) is -0.539. The molecule has 1 aliphatic carbocycles. The zero-order valence-electron chi connectivity index (χ0n) is 10.4. The molecule has 0 saturated heterocycles. The Balaban J connectivity index is 2.19. The molecule has 2 rings (SSSR count). The molecule has 0 heterocycles. The normalized spacial score (nSPS) is 17.9. The van der Waals surface area contributed by atoms with Gasteiger partial charge in [0.1, 0.15) is 11.0 Å². The molecule has 0 spiro atoms. The van der Waals surface area contributed by atoms with Crippen LogP contribution in [0.2, 0.25) is 0 Å². The number of carbonyl (C=O) groups is 1. The number of carbonyl (C=O) groups excluding carboxylic acids is 1. The Morgan fingerprint density at radius 2 is 1.89 bits per heavy atom. The summed E-state index contributed by atoms with van der Waals surface area (Å²) < 4.78 is 22.2. The minimum atomic E-state index is -1.36. The molecule has 0 amide bonds. The van der Waals surface area contributed by atoms with Gasteiger partial charge in [0, 0.05) is 4.90 Å². The van der Waals surface area contributed by atoms with Gasteiger partial charge in [-0.1, -0.05) is 0 Å². The largest absolute Gasteiger partial charge is 0.497 e. The lowest BCUT2D eigenvalue weighted by atomic mass is 10.3. The van der Waals surface area contributed by atoms with Crippen LogP contribution in [0.3, 0.4) is 0 Å². The van der Waals surface area contributed by atoms with E-state index in [1.807, 2.05) is 0 Å². The van der Waals surface area contributed by atoms with Gasteiger partial charge in [0.05, 0.1) is 25.0 Å². The van der Waals surface area contributed by atoms with Gasteiger partial charge in [0.15, 0.2) is 0 Å². The summed E-state index contributed by atoms with van der Waals surface area (Å²) in [4.78, 5) is 12.3. The molecule has 0 aliphatic heterocycles. The lowest BCUT2D eigenvalue weighted by Gasteiger charge is -2.13. The standard InChI is InChI=1S/C13H16O4S/c1-16-10-5-7-11(8-6-10)18(15)12(9-3-4-9)13(14)17-2/h5-9,12H,3-4H2,1-2H3. The van der Waals surface area contributed by atoms with Gasteiger partial charge in [-0.15, -0.1) is 0 Å². The van der Waals surface area contributed by atoms with Crippen LogP contribution in [0.1, 0.15) is 12.8 Å². The van der Waals surface area contributed by atoms with Gasteiger partial charge < -0.3 is 9.47 Å². The van der Waals surface area contributed by atoms with Crippen LogP contribution in [0.25, 0.3) is 0 Å². The third-order valence-corrected chi connectivity index (χ3v) is 4.78. The van der Waals surface area contributed by atoms with Crippen molar-refractivity contribution in [3.05, 3.63) is 24.3 Å². The number of hydrogen-bond acceptors (Lipinski definition) is 4. The quantitative estimate of drug-likeness (QED) is 0.763. The van der Waals surface area contributed by atoms with Crippen LogP contribution in [-0.4, -0.2) is 29.6 Å². The molecule has 5 heteroatoms. The Bertz CT molecular complexity index is 451. The van der Waals surface area contributed by atoms with Crippen molar-refractivity contribution in [3.8, 4) is 5.75 Å². The monoisotopic (exact) mass is 268 g/mol. The Labute approximate surface area is 109 Å². The zero-order chi connectivity index (χ0) is 13.1. The summed E-state index contributed by atoms with van der Waals surface area (Å²) in [5.74, 6) is 0.517. The summed E-state index contributed by atoms with van der Waals surface area (Å²) >= 11 is 0. The maximum Gasteiger partial charge on any atom is 0.322 e. The van der Waals surface area contributed by atoms with Crippen LogP contribution < -0.4 is 4.74 Å².